The minimum atomic E-state index is -0.336. The highest BCUT2D eigenvalue weighted by Crippen LogP contribution is 2.35. The van der Waals surface area contributed by atoms with Crippen molar-refractivity contribution in [3.05, 3.63) is 106 Å². The molecule has 3 aromatic carbocycles. The van der Waals surface area contributed by atoms with E-state index in [2.05, 4.69) is 0 Å². The third-order valence-corrected chi connectivity index (χ3v) is 5.51. The van der Waals surface area contributed by atoms with Crippen LogP contribution < -0.4 is 4.74 Å². The number of imide groups is 1. The van der Waals surface area contributed by atoms with E-state index in [4.69, 9.17) is 4.74 Å². The van der Waals surface area contributed by atoms with Gasteiger partial charge >= 0.3 is 0 Å². The van der Waals surface area contributed by atoms with E-state index in [1.807, 2.05) is 36.4 Å². The first-order valence-corrected chi connectivity index (χ1v) is 10.2. The topological polar surface area (TPSA) is 46.6 Å². The maximum absolute atomic E-state index is 13.9. The molecule has 1 aliphatic heterocycles. The average Bonchev–Trinajstić information content (AvgIpc) is 3.02. The monoisotopic (exact) mass is 419 g/mol. The van der Waals surface area contributed by atoms with Gasteiger partial charge in [0.15, 0.2) is 0 Å². The average molecular weight is 419 g/mol. The molecule has 0 N–H and O–H groups in total. The molecule has 1 heterocycles. The SMILES string of the molecule is O=C1S/C(=C\c2ccccc2OCc2ccccc2F)C(=O)N1Cc1ccccc1. The van der Waals surface area contributed by atoms with Crippen LogP contribution in [0.3, 0.4) is 0 Å². The Labute approximate surface area is 178 Å². The standard InChI is InChI=1S/C24H18FNO3S/c25-20-12-6-4-11-19(20)16-29-21-13-7-5-10-18(21)14-22-23(27)26(24(28)30-22)15-17-8-2-1-3-9-17/h1-14H,15-16H2/b22-14-. The zero-order valence-corrected chi connectivity index (χ0v) is 16.8. The fourth-order valence-corrected chi connectivity index (χ4v) is 3.87. The summed E-state index contributed by atoms with van der Waals surface area (Å²) in [4.78, 5) is 26.7. The Bertz CT molecular complexity index is 1110. The summed E-state index contributed by atoms with van der Waals surface area (Å²) in [5.41, 5.74) is 1.98. The van der Waals surface area contributed by atoms with Gasteiger partial charge < -0.3 is 4.74 Å². The first-order chi connectivity index (χ1) is 14.6. The lowest BCUT2D eigenvalue weighted by Gasteiger charge is -2.12. The van der Waals surface area contributed by atoms with Crippen LogP contribution in [0.25, 0.3) is 6.08 Å². The Morgan fingerprint density at radius 1 is 0.900 bits per heavy atom. The van der Waals surface area contributed by atoms with Gasteiger partial charge in [0.1, 0.15) is 18.2 Å². The maximum Gasteiger partial charge on any atom is 0.293 e. The Morgan fingerprint density at radius 3 is 2.40 bits per heavy atom. The zero-order chi connectivity index (χ0) is 20.9. The lowest BCUT2D eigenvalue weighted by molar-refractivity contribution is -0.123. The van der Waals surface area contributed by atoms with Gasteiger partial charge in [0, 0.05) is 11.1 Å². The smallest absolute Gasteiger partial charge is 0.293 e. The van der Waals surface area contributed by atoms with Crippen LogP contribution >= 0.6 is 11.8 Å². The van der Waals surface area contributed by atoms with Crippen molar-refractivity contribution in [1.82, 2.24) is 4.90 Å². The summed E-state index contributed by atoms with van der Waals surface area (Å²) in [6.07, 6.45) is 1.65. The predicted molar refractivity (Wildman–Crippen MR) is 115 cm³/mol. The quantitative estimate of drug-likeness (QED) is 0.485. The number of benzene rings is 3. The summed E-state index contributed by atoms with van der Waals surface area (Å²) >= 11 is 0.904. The highest BCUT2D eigenvalue weighted by atomic mass is 32.2. The van der Waals surface area contributed by atoms with E-state index < -0.39 is 0 Å². The van der Waals surface area contributed by atoms with Crippen molar-refractivity contribution in [2.24, 2.45) is 0 Å². The van der Waals surface area contributed by atoms with Crippen LogP contribution in [0.2, 0.25) is 0 Å². The number of amides is 2. The molecule has 6 heteroatoms. The number of rotatable bonds is 6. The van der Waals surface area contributed by atoms with Crippen LogP contribution in [-0.2, 0) is 17.9 Å². The molecule has 0 radical (unpaired) electrons. The second kappa shape index (κ2) is 8.97. The Morgan fingerprint density at radius 2 is 1.60 bits per heavy atom. The molecule has 0 aromatic heterocycles. The van der Waals surface area contributed by atoms with Gasteiger partial charge in [0.05, 0.1) is 11.4 Å². The summed E-state index contributed by atoms with van der Waals surface area (Å²) in [7, 11) is 0. The van der Waals surface area contributed by atoms with E-state index in [-0.39, 0.29) is 30.1 Å². The van der Waals surface area contributed by atoms with Crippen molar-refractivity contribution >= 4 is 29.0 Å². The molecule has 1 saturated heterocycles. The van der Waals surface area contributed by atoms with Gasteiger partial charge in [-0.15, -0.1) is 0 Å². The summed E-state index contributed by atoms with van der Waals surface area (Å²) in [6, 6.07) is 22.9. The lowest BCUT2D eigenvalue weighted by atomic mass is 10.1. The molecular formula is C24H18FNO3S. The molecule has 0 aliphatic carbocycles. The third-order valence-electron chi connectivity index (χ3n) is 4.60. The molecule has 4 nitrogen and oxygen atoms in total. The number of nitrogens with zero attached hydrogens (tertiary/aromatic N) is 1. The van der Waals surface area contributed by atoms with Crippen LogP contribution in [0.5, 0.6) is 5.75 Å². The van der Waals surface area contributed by atoms with Gasteiger partial charge in [-0.2, -0.15) is 0 Å². The third kappa shape index (κ3) is 4.44. The Balaban J connectivity index is 1.53. The van der Waals surface area contributed by atoms with E-state index in [9.17, 15) is 14.0 Å². The van der Waals surface area contributed by atoms with E-state index >= 15 is 0 Å². The molecule has 30 heavy (non-hydrogen) atoms. The molecule has 0 saturated carbocycles. The van der Waals surface area contributed by atoms with Gasteiger partial charge in [-0.3, -0.25) is 14.5 Å². The number of hydrogen-bond donors (Lipinski definition) is 0. The highest BCUT2D eigenvalue weighted by molar-refractivity contribution is 8.18. The zero-order valence-electron chi connectivity index (χ0n) is 16.0. The van der Waals surface area contributed by atoms with Crippen LogP contribution in [0.15, 0.2) is 83.8 Å². The largest absolute Gasteiger partial charge is 0.488 e. The second-order valence-corrected chi connectivity index (χ2v) is 7.66. The van der Waals surface area contributed by atoms with Gasteiger partial charge in [0.25, 0.3) is 11.1 Å². The maximum atomic E-state index is 13.9. The molecule has 1 aliphatic rings. The van der Waals surface area contributed by atoms with Crippen LogP contribution in [0.4, 0.5) is 9.18 Å². The number of ether oxygens (including phenoxy) is 1. The van der Waals surface area contributed by atoms with Gasteiger partial charge in [0.2, 0.25) is 0 Å². The van der Waals surface area contributed by atoms with Gasteiger partial charge in [-0.25, -0.2) is 4.39 Å². The van der Waals surface area contributed by atoms with Crippen molar-refractivity contribution in [2.45, 2.75) is 13.2 Å². The molecule has 2 amide bonds. The van der Waals surface area contributed by atoms with E-state index in [1.165, 1.54) is 11.0 Å². The summed E-state index contributed by atoms with van der Waals surface area (Å²) in [5.74, 6) is -0.162. The van der Waals surface area contributed by atoms with E-state index in [1.54, 1.807) is 42.5 Å². The van der Waals surface area contributed by atoms with Crippen molar-refractivity contribution in [2.75, 3.05) is 0 Å². The molecule has 4 rings (SSSR count). The molecule has 3 aromatic rings. The Hall–Kier alpha value is -3.38. The highest BCUT2D eigenvalue weighted by Gasteiger charge is 2.35. The van der Waals surface area contributed by atoms with E-state index in [0.717, 1.165) is 17.3 Å². The molecule has 150 valence electrons. The molecule has 1 fully saturated rings. The molecule has 0 bridgehead atoms. The minimum absolute atomic E-state index is 0.0625. The van der Waals surface area contributed by atoms with Crippen LogP contribution in [0.1, 0.15) is 16.7 Å². The summed E-state index contributed by atoms with van der Waals surface area (Å²) in [5, 5.41) is -0.306. The lowest BCUT2D eigenvalue weighted by Crippen LogP contribution is -2.27. The number of para-hydroxylation sites is 1. The number of halogens is 1. The van der Waals surface area contributed by atoms with Gasteiger partial charge in [-0.05, 0) is 35.5 Å². The fraction of sp³-hybridized carbons (Fsp3) is 0.0833. The molecular weight excluding hydrogens is 401 g/mol. The van der Waals surface area contributed by atoms with E-state index in [0.29, 0.717) is 21.8 Å². The van der Waals surface area contributed by atoms with Crippen molar-refractivity contribution < 1.29 is 18.7 Å². The number of carbonyl (C=O) groups is 2. The summed E-state index contributed by atoms with van der Waals surface area (Å²) in [6.45, 7) is 0.293. The van der Waals surface area contributed by atoms with Crippen LogP contribution in [-0.4, -0.2) is 16.0 Å². The molecule has 0 unspecified atom stereocenters. The fourth-order valence-electron chi connectivity index (χ4n) is 3.05. The van der Waals surface area contributed by atoms with Crippen molar-refractivity contribution in [1.29, 1.82) is 0 Å². The Kier molecular flexibility index (Phi) is 5.95. The number of carbonyl (C=O) groups excluding carboxylic acids is 2. The summed E-state index contributed by atoms with van der Waals surface area (Å²) < 4.78 is 19.6. The molecule has 0 spiro atoms. The number of thioether (sulfide) groups is 1. The minimum Gasteiger partial charge on any atom is -0.488 e. The van der Waals surface area contributed by atoms with Crippen molar-refractivity contribution in [3.8, 4) is 5.75 Å². The van der Waals surface area contributed by atoms with Gasteiger partial charge in [-0.1, -0.05) is 66.7 Å². The van der Waals surface area contributed by atoms with Crippen LogP contribution in [0, 0.1) is 5.82 Å². The predicted octanol–water partition coefficient (Wildman–Crippen LogP) is 5.64. The molecule has 0 atom stereocenters. The number of hydrogen-bond acceptors (Lipinski definition) is 4. The van der Waals surface area contributed by atoms with Crippen molar-refractivity contribution in [3.63, 3.8) is 0 Å². The normalized spacial score (nSPS) is 15.1. The first-order valence-electron chi connectivity index (χ1n) is 9.36. The second-order valence-electron chi connectivity index (χ2n) is 6.67. The first kappa shape index (κ1) is 19.9.